The van der Waals surface area contributed by atoms with Gasteiger partial charge < -0.3 is 5.11 Å². The highest BCUT2D eigenvalue weighted by Gasteiger charge is 2.16. The summed E-state index contributed by atoms with van der Waals surface area (Å²) in [7, 11) is -3.87. The summed E-state index contributed by atoms with van der Waals surface area (Å²) in [5, 5.41) is 9.34. The highest BCUT2D eigenvalue weighted by molar-refractivity contribution is 7.92. The first-order chi connectivity index (χ1) is 9.79. The molecule has 2 N–H and O–H groups in total. The van der Waals surface area contributed by atoms with Crippen LogP contribution in [-0.2, 0) is 10.0 Å². The maximum atomic E-state index is 12.2. The van der Waals surface area contributed by atoms with E-state index in [0.717, 1.165) is 11.6 Å². The summed E-state index contributed by atoms with van der Waals surface area (Å²) in [4.78, 5) is 10.8. The second-order valence-electron chi connectivity index (χ2n) is 4.40. The zero-order chi connectivity index (χ0) is 15.6. The third kappa shape index (κ3) is 3.53. The molecule has 0 aliphatic heterocycles. The van der Waals surface area contributed by atoms with Gasteiger partial charge >= 0.3 is 5.97 Å². The van der Waals surface area contributed by atoms with Gasteiger partial charge in [-0.15, -0.1) is 0 Å². The number of nitrogens with one attached hydrogen (secondary N) is 1. The molecular weight excluding hydrogens is 314 g/mol. The molecule has 0 aromatic heterocycles. The van der Waals surface area contributed by atoms with Gasteiger partial charge in [0.05, 0.1) is 16.1 Å². The van der Waals surface area contributed by atoms with E-state index in [-0.39, 0.29) is 10.5 Å². The van der Waals surface area contributed by atoms with Gasteiger partial charge in [-0.05, 0) is 42.8 Å². The molecule has 0 heterocycles. The largest absolute Gasteiger partial charge is 0.478 e. The van der Waals surface area contributed by atoms with E-state index >= 15 is 0 Å². The van der Waals surface area contributed by atoms with Crippen molar-refractivity contribution in [1.29, 1.82) is 0 Å². The highest BCUT2D eigenvalue weighted by Crippen LogP contribution is 2.23. The molecule has 0 aliphatic rings. The molecule has 5 nitrogen and oxygen atoms in total. The molecule has 0 saturated carbocycles. The van der Waals surface area contributed by atoms with Crippen molar-refractivity contribution in [3.8, 4) is 0 Å². The molecule has 0 bridgehead atoms. The quantitative estimate of drug-likeness (QED) is 0.904. The highest BCUT2D eigenvalue weighted by atomic mass is 35.5. The Balaban J connectivity index is 2.36. The first kappa shape index (κ1) is 15.3. The van der Waals surface area contributed by atoms with E-state index in [1.54, 1.807) is 19.1 Å². The van der Waals surface area contributed by atoms with Crippen LogP contribution in [0.4, 0.5) is 5.69 Å². The molecule has 110 valence electrons. The fraction of sp³-hybridized carbons (Fsp3) is 0.0714. The van der Waals surface area contributed by atoms with Crippen molar-refractivity contribution in [2.45, 2.75) is 11.8 Å². The van der Waals surface area contributed by atoms with E-state index < -0.39 is 16.0 Å². The Bertz CT molecular complexity index is 802. The Morgan fingerprint density at radius 3 is 2.52 bits per heavy atom. The van der Waals surface area contributed by atoms with Crippen LogP contribution >= 0.6 is 11.6 Å². The van der Waals surface area contributed by atoms with Crippen LogP contribution in [-0.4, -0.2) is 19.5 Å². The molecule has 0 radical (unpaired) electrons. The summed E-state index contributed by atoms with van der Waals surface area (Å²) in [5.41, 5.74) is 1.04. The Kier molecular flexibility index (Phi) is 4.20. The molecule has 2 aromatic rings. The lowest BCUT2D eigenvalue weighted by Gasteiger charge is -2.09. The standard InChI is InChI=1S/C14H12ClNO4S/c1-9-5-6-11(8-13(9)15)16-21(19,20)12-4-2-3-10(7-12)14(17)18/h2-8,16H,1H3,(H,17,18). The van der Waals surface area contributed by atoms with Gasteiger partial charge in [0.1, 0.15) is 0 Å². The van der Waals surface area contributed by atoms with Crippen molar-refractivity contribution < 1.29 is 18.3 Å². The van der Waals surface area contributed by atoms with Crippen molar-refractivity contribution in [1.82, 2.24) is 0 Å². The van der Waals surface area contributed by atoms with E-state index in [4.69, 9.17) is 16.7 Å². The Labute approximate surface area is 127 Å². The SMILES string of the molecule is Cc1ccc(NS(=O)(=O)c2cccc(C(=O)O)c2)cc1Cl. The lowest BCUT2D eigenvalue weighted by molar-refractivity contribution is 0.0696. The minimum Gasteiger partial charge on any atom is -0.478 e. The molecule has 0 fully saturated rings. The second-order valence-corrected chi connectivity index (χ2v) is 6.49. The van der Waals surface area contributed by atoms with Crippen LogP contribution in [0.5, 0.6) is 0 Å². The average Bonchev–Trinajstić information content (AvgIpc) is 2.43. The van der Waals surface area contributed by atoms with Gasteiger partial charge in [0.25, 0.3) is 10.0 Å². The molecular formula is C14H12ClNO4S. The predicted octanol–water partition coefficient (Wildman–Crippen LogP) is 3.15. The van der Waals surface area contributed by atoms with Gasteiger partial charge in [-0.1, -0.05) is 23.7 Å². The number of hydrogen-bond acceptors (Lipinski definition) is 3. The number of aromatic carboxylic acids is 1. The van der Waals surface area contributed by atoms with Crippen LogP contribution in [0.25, 0.3) is 0 Å². The van der Waals surface area contributed by atoms with Crippen molar-refractivity contribution in [3.63, 3.8) is 0 Å². The molecule has 0 aliphatic carbocycles. The smallest absolute Gasteiger partial charge is 0.335 e. The van der Waals surface area contributed by atoms with Crippen LogP contribution in [0.15, 0.2) is 47.4 Å². The molecule has 0 unspecified atom stereocenters. The van der Waals surface area contributed by atoms with Gasteiger partial charge in [-0.2, -0.15) is 0 Å². The monoisotopic (exact) mass is 325 g/mol. The summed E-state index contributed by atoms with van der Waals surface area (Å²) in [5.74, 6) is -1.19. The van der Waals surface area contributed by atoms with Crippen molar-refractivity contribution in [2.75, 3.05) is 4.72 Å². The van der Waals surface area contributed by atoms with Gasteiger partial charge in [-0.3, -0.25) is 4.72 Å². The van der Waals surface area contributed by atoms with Gasteiger partial charge in [0.2, 0.25) is 0 Å². The van der Waals surface area contributed by atoms with Gasteiger partial charge in [0.15, 0.2) is 0 Å². The summed E-state index contributed by atoms with van der Waals surface area (Å²) in [6.45, 7) is 1.80. The van der Waals surface area contributed by atoms with Crippen LogP contribution in [0.2, 0.25) is 5.02 Å². The Hall–Kier alpha value is -2.05. The molecule has 0 amide bonds. The van der Waals surface area contributed by atoms with Crippen molar-refractivity contribution >= 4 is 33.3 Å². The fourth-order valence-electron chi connectivity index (χ4n) is 1.67. The summed E-state index contributed by atoms with van der Waals surface area (Å²) < 4.78 is 26.8. The molecule has 2 rings (SSSR count). The predicted molar refractivity (Wildman–Crippen MR) is 80.4 cm³/mol. The zero-order valence-electron chi connectivity index (χ0n) is 11.0. The van der Waals surface area contributed by atoms with E-state index in [9.17, 15) is 13.2 Å². The number of halogens is 1. The first-order valence-corrected chi connectivity index (χ1v) is 7.78. The maximum Gasteiger partial charge on any atom is 0.335 e. The molecule has 0 spiro atoms. The van der Waals surface area contributed by atoms with Gasteiger partial charge in [0, 0.05) is 5.02 Å². The number of sulfonamides is 1. The summed E-state index contributed by atoms with van der Waals surface area (Å²) >= 11 is 5.94. The average molecular weight is 326 g/mol. The molecule has 0 atom stereocenters. The van der Waals surface area contributed by atoms with Crippen LogP contribution in [0.1, 0.15) is 15.9 Å². The number of carbonyl (C=O) groups is 1. The number of aryl methyl sites for hydroxylation is 1. The molecule has 0 saturated heterocycles. The molecule has 21 heavy (non-hydrogen) atoms. The van der Waals surface area contributed by atoms with Crippen molar-refractivity contribution in [2.24, 2.45) is 0 Å². The lowest BCUT2D eigenvalue weighted by atomic mass is 10.2. The minimum absolute atomic E-state index is 0.0974. The topological polar surface area (TPSA) is 83.5 Å². The number of rotatable bonds is 4. The van der Waals surface area contributed by atoms with Crippen LogP contribution in [0, 0.1) is 6.92 Å². The Morgan fingerprint density at radius 1 is 1.19 bits per heavy atom. The fourth-order valence-corrected chi connectivity index (χ4v) is 2.94. The molecule has 2 aromatic carbocycles. The number of anilines is 1. The Morgan fingerprint density at radius 2 is 1.90 bits per heavy atom. The van der Waals surface area contributed by atoms with Crippen LogP contribution in [0.3, 0.4) is 0 Å². The molecule has 7 heteroatoms. The van der Waals surface area contributed by atoms with E-state index in [0.29, 0.717) is 10.7 Å². The second kappa shape index (κ2) is 5.75. The van der Waals surface area contributed by atoms with Gasteiger partial charge in [-0.25, -0.2) is 13.2 Å². The third-order valence-corrected chi connectivity index (χ3v) is 4.60. The number of hydrogen-bond donors (Lipinski definition) is 2. The minimum atomic E-state index is -3.87. The normalized spacial score (nSPS) is 11.1. The van der Waals surface area contributed by atoms with E-state index in [1.165, 1.54) is 24.3 Å². The number of benzene rings is 2. The zero-order valence-corrected chi connectivity index (χ0v) is 12.6. The number of carboxylic acids is 1. The summed E-state index contributed by atoms with van der Waals surface area (Å²) in [6.07, 6.45) is 0. The third-order valence-electron chi connectivity index (χ3n) is 2.82. The summed E-state index contributed by atoms with van der Waals surface area (Å²) in [6, 6.07) is 9.89. The van der Waals surface area contributed by atoms with Crippen molar-refractivity contribution in [3.05, 3.63) is 58.6 Å². The van der Waals surface area contributed by atoms with E-state index in [2.05, 4.69) is 4.72 Å². The van der Waals surface area contributed by atoms with Crippen LogP contribution < -0.4 is 4.72 Å². The maximum absolute atomic E-state index is 12.2. The number of carboxylic acid groups (broad SMARTS) is 1. The lowest BCUT2D eigenvalue weighted by Crippen LogP contribution is -2.13. The van der Waals surface area contributed by atoms with E-state index in [1.807, 2.05) is 0 Å². The first-order valence-electron chi connectivity index (χ1n) is 5.92.